The van der Waals surface area contributed by atoms with Gasteiger partial charge in [0.05, 0.1) is 17.6 Å². The van der Waals surface area contributed by atoms with E-state index in [0.29, 0.717) is 12.1 Å². The van der Waals surface area contributed by atoms with E-state index in [-0.39, 0.29) is 0 Å². The van der Waals surface area contributed by atoms with E-state index >= 15 is 0 Å². The Hall–Kier alpha value is -1.81. The second-order valence-corrected chi connectivity index (χ2v) is 4.93. The summed E-state index contributed by atoms with van der Waals surface area (Å²) in [6.07, 6.45) is -5.62. The number of alkyl halides is 3. The largest absolute Gasteiger partial charge is 0.452 e. The number of sulfonamides is 1. The topological polar surface area (TPSA) is 84.5 Å². The first-order valence-corrected chi connectivity index (χ1v) is 6.18. The van der Waals surface area contributed by atoms with E-state index in [1.54, 1.807) is 10.3 Å². The van der Waals surface area contributed by atoms with E-state index in [9.17, 15) is 26.4 Å². The fourth-order valence-corrected chi connectivity index (χ4v) is 1.87. The Morgan fingerprint density at radius 2 is 1.74 bits per heavy atom. The number of hydrogen-bond donors (Lipinski definition) is 2. The first kappa shape index (κ1) is 15.2. The number of rotatable bonds is 3. The van der Waals surface area contributed by atoms with Crippen molar-refractivity contribution >= 4 is 16.1 Å². The van der Waals surface area contributed by atoms with Crippen LogP contribution in [0.2, 0.25) is 0 Å². The van der Waals surface area contributed by atoms with E-state index in [4.69, 9.17) is 0 Å². The molecule has 0 radical (unpaired) electrons. The number of methoxy groups -OCH3 is 1. The predicted molar refractivity (Wildman–Crippen MR) is 57.3 cm³/mol. The van der Waals surface area contributed by atoms with Gasteiger partial charge in [-0.2, -0.15) is 13.2 Å². The quantitative estimate of drug-likeness (QED) is 0.823. The average Bonchev–Trinajstić information content (AvgIpc) is 2.35. The third kappa shape index (κ3) is 4.10. The van der Waals surface area contributed by atoms with Crippen molar-refractivity contribution in [3.8, 4) is 0 Å². The van der Waals surface area contributed by atoms with Crippen LogP contribution in [0.15, 0.2) is 29.2 Å². The molecule has 0 saturated heterocycles. The minimum Gasteiger partial charge on any atom is -0.452 e. The molecule has 0 aliphatic carbocycles. The van der Waals surface area contributed by atoms with Gasteiger partial charge in [0.2, 0.25) is 0 Å². The van der Waals surface area contributed by atoms with Gasteiger partial charge in [0.1, 0.15) is 0 Å². The number of ether oxygens (including phenoxy) is 1. The van der Waals surface area contributed by atoms with Crippen molar-refractivity contribution < 1.29 is 31.1 Å². The van der Waals surface area contributed by atoms with Gasteiger partial charge in [0, 0.05) is 0 Å². The molecule has 10 heteroatoms. The zero-order valence-corrected chi connectivity index (χ0v) is 10.3. The zero-order valence-electron chi connectivity index (χ0n) is 9.48. The lowest BCUT2D eigenvalue weighted by molar-refractivity contribution is -0.137. The van der Waals surface area contributed by atoms with Crippen LogP contribution in [0.5, 0.6) is 0 Å². The molecule has 6 nitrogen and oxygen atoms in total. The summed E-state index contributed by atoms with van der Waals surface area (Å²) in [5.74, 6) is 0. The fraction of sp³-hybridized carbons (Fsp3) is 0.222. The minimum atomic E-state index is -4.56. The van der Waals surface area contributed by atoms with Gasteiger partial charge < -0.3 is 4.74 Å². The molecular weight excluding hydrogens is 289 g/mol. The Bertz CT molecular complexity index is 554. The van der Waals surface area contributed by atoms with Crippen LogP contribution in [0.3, 0.4) is 0 Å². The lowest BCUT2D eigenvalue weighted by Crippen LogP contribution is -2.41. The summed E-state index contributed by atoms with van der Waals surface area (Å²) in [6.45, 7) is 0. The van der Waals surface area contributed by atoms with Gasteiger partial charge in [-0.25, -0.2) is 18.6 Å². The van der Waals surface area contributed by atoms with Gasteiger partial charge in [0.15, 0.2) is 0 Å². The summed E-state index contributed by atoms with van der Waals surface area (Å²) >= 11 is 0. The zero-order chi connectivity index (χ0) is 14.7. The van der Waals surface area contributed by atoms with Gasteiger partial charge in [0.25, 0.3) is 10.0 Å². The van der Waals surface area contributed by atoms with Gasteiger partial charge in [-0.1, -0.05) is 0 Å². The molecule has 19 heavy (non-hydrogen) atoms. The van der Waals surface area contributed by atoms with Crippen LogP contribution < -0.4 is 10.3 Å². The number of hydrazine groups is 1. The molecule has 0 aromatic heterocycles. The van der Waals surface area contributed by atoms with E-state index in [1.807, 2.05) is 0 Å². The van der Waals surface area contributed by atoms with Crippen LogP contribution >= 0.6 is 0 Å². The van der Waals surface area contributed by atoms with Gasteiger partial charge >= 0.3 is 12.3 Å². The van der Waals surface area contributed by atoms with Gasteiger partial charge in [-0.15, -0.1) is 4.83 Å². The standard InChI is InChI=1S/C9H9F3N2O4S/c1-18-8(15)13-14-19(16,17)7-4-2-6(3-5-7)9(10,11)12/h2-5,14H,1H3,(H,13,15). The highest BCUT2D eigenvalue weighted by Gasteiger charge is 2.30. The molecule has 1 aromatic carbocycles. The van der Waals surface area contributed by atoms with Crippen molar-refractivity contribution in [3.63, 3.8) is 0 Å². The lowest BCUT2D eigenvalue weighted by atomic mass is 10.2. The average molecular weight is 298 g/mol. The van der Waals surface area contributed by atoms with E-state index in [1.165, 1.54) is 0 Å². The molecule has 106 valence electrons. The second-order valence-electron chi connectivity index (χ2n) is 3.24. The van der Waals surface area contributed by atoms with Crippen LogP contribution in [0.1, 0.15) is 5.56 Å². The molecule has 0 spiro atoms. The smallest absolute Gasteiger partial charge is 0.422 e. The lowest BCUT2D eigenvalue weighted by Gasteiger charge is -2.09. The summed E-state index contributed by atoms with van der Waals surface area (Å²) in [5.41, 5.74) is 0.715. The molecule has 0 fully saturated rings. The molecule has 0 aliphatic heterocycles. The third-order valence-electron chi connectivity index (χ3n) is 1.96. The summed E-state index contributed by atoms with van der Waals surface area (Å²) in [5, 5.41) is 0. The fourth-order valence-electron chi connectivity index (χ4n) is 1.04. The summed E-state index contributed by atoms with van der Waals surface area (Å²) in [7, 11) is -3.14. The van der Waals surface area contributed by atoms with E-state index in [2.05, 4.69) is 4.74 Å². The Morgan fingerprint density at radius 1 is 1.21 bits per heavy atom. The molecule has 0 atom stereocenters. The molecule has 0 saturated carbocycles. The van der Waals surface area contributed by atoms with E-state index in [0.717, 1.165) is 19.2 Å². The summed E-state index contributed by atoms with van der Waals surface area (Å²) in [6, 6.07) is 2.77. The first-order valence-electron chi connectivity index (χ1n) is 4.70. The summed E-state index contributed by atoms with van der Waals surface area (Å²) in [4.78, 5) is 11.9. The highest BCUT2D eigenvalue weighted by molar-refractivity contribution is 7.89. The predicted octanol–water partition coefficient (Wildman–Crippen LogP) is 1.25. The highest BCUT2D eigenvalue weighted by Crippen LogP contribution is 2.29. The van der Waals surface area contributed by atoms with Gasteiger partial charge in [-0.3, -0.25) is 0 Å². The van der Waals surface area contributed by atoms with Gasteiger partial charge in [-0.05, 0) is 24.3 Å². The van der Waals surface area contributed by atoms with E-state index < -0.39 is 32.8 Å². The maximum absolute atomic E-state index is 12.3. The minimum absolute atomic E-state index is 0.433. The van der Waals surface area contributed by atoms with Crippen LogP contribution in [0.25, 0.3) is 0 Å². The normalized spacial score (nSPS) is 12.0. The first-order chi connectivity index (χ1) is 8.66. The number of hydrogen-bond acceptors (Lipinski definition) is 4. The third-order valence-corrected chi connectivity index (χ3v) is 3.23. The monoisotopic (exact) mass is 298 g/mol. The Morgan fingerprint density at radius 3 is 2.16 bits per heavy atom. The van der Waals surface area contributed by atoms with Crippen molar-refractivity contribution in [3.05, 3.63) is 29.8 Å². The molecule has 0 unspecified atom stereocenters. The molecule has 0 aliphatic rings. The maximum Gasteiger partial charge on any atom is 0.422 e. The number of halogens is 3. The molecule has 0 bridgehead atoms. The van der Waals surface area contributed by atoms with Crippen LogP contribution in [0.4, 0.5) is 18.0 Å². The van der Waals surface area contributed by atoms with Crippen molar-refractivity contribution in [1.82, 2.24) is 10.3 Å². The molecule has 1 rings (SSSR count). The summed E-state index contributed by atoms with van der Waals surface area (Å²) < 4.78 is 64.1. The number of benzene rings is 1. The van der Waals surface area contributed by atoms with Crippen molar-refractivity contribution in [2.24, 2.45) is 0 Å². The Balaban J connectivity index is 2.88. The molecule has 1 aromatic rings. The number of carbonyl (C=O) groups excluding carboxylic acids is 1. The number of nitrogens with one attached hydrogen (secondary N) is 2. The second kappa shape index (κ2) is 5.45. The Kier molecular flexibility index (Phi) is 4.37. The van der Waals surface area contributed by atoms with Crippen LogP contribution in [-0.2, 0) is 20.9 Å². The SMILES string of the molecule is COC(=O)NNS(=O)(=O)c1ccc(C(F)(F)F)cc1. The molecule has 1 amide bonds. The van der Waals surface area contributed by atoms with Crippen LogP contribution in [0, 0.1) is 0 Å². The number of carbonyl (C=O) groups is 1. The van der Waals surface area contributed by atoms with Crippen molar-refractivity contribution in [2.45, 2.75) is 11.1 Å². The number of amides is 1. The van der Waals surface area contributed by atoms with Crippen molar-refractivity contribution in [2.75, 3.05) is 7.11 Å². The highest BCUT2D eigenvalue weighted by atomic mass is 32.2. The molecular formula is C9H9F3N2O4S. The molecule has 0 heterocycles. The Labute approximate surface area is 106 Å². The molecule has 2 N–H and O–H groups in total. The maximum atomic E-state index is 12.3. The van der Waals surface area contributed by atoms with Crippen LogP contribution in [-0.4, -0.2) is 21.6 Å². The van der Waals surface area contributed by atoms with Crippen molar-refractivity contribution in [1.29, 1.82) is 0 Å².